The fourth-order valence-corrected chi connectivity index (χ4v) is 5.76. The Kier molecular flexibility index (Phi) is 6.44. The van der Waals surface area contributed by atoms with Crippen molar-refractivity contribution >= 4 is 45.0 Å². The Balaban J connectivity index is 1.59. The third-order valence-corrected chi connectivity index (χ3v) is 7.27. The van der Waals surface area contributed by atoms with Crippen LogP contribution in [0.4, 0.5) is 5.82 Å². The van der Waals surface area contributed by atoms with E-state index in [0.717, 1.165) is 0 Å². The van der Waals surface area contributed by atoms with Crippen molar-refractivity contribution in [3.63, 3.8) is 0 Å². The molecule has 3 heterocycles. The van der Waals surface area contributed by atoms with E-state index in [1.807, 2.05) is 0 Å². The normalized spacial score (nSPS) is 19.1. The van der Waals surface area contributed by atoms with Gasteiger partial charge in [-0.1, -0.05) is 17.7 Å². The van der Waals surface area contributed by atoms with E-state index in [2.05, 4.69) is 10.4 Å². The summed E-state index contributed by atoms with van der Waals surface area (Å²) in [6, 6.07) is 6.69. The van der Waals surface area contributed by atoms with E-state index in [1.54, 1.807) is 31.2 Å². The number of likely N-dealkylation sites (tertiary alicyclic amines) is 1. The number of halogens is 1. The summed E-state index contributed by atoms with van der Waals surface area (Å²) < 4.78 is 30.7. The van der Waals surface area contributed by atoms with Crippen LogP contribution < -0.4 is 5.32 Å². The van der Waals surface area contributed by atoms with Gasteiger partial charge in [-0.25, -0.2) is 13.1 Å². The standard InChI is InChI=1S/C21H23ClN4O6S/c1-2-32-21(29)13-5-4-8-25(10-13)20(28)19(27)23-18-16-11-33(30,31)12-17(16)24-26(18)15-7-3-6-14(22)9-15/h3,6-7,9,13H,2,4-5,8,10-12H2,1H3,(H,23,27). The number of hydrogen-bond donors (Lipinski definition) is 1. The van der Waals surface area contributed by atoms with Gasteiger partial charge in [0.2, 0.25) is 0 Å². The Labute approximate surface area is 195 Å². The number of nitrogens with one attached hydrogen (secondary N) is 1. The fourth-order valence-electron chi connectivity index (χ4n) is 4.08. The Hall–Kier alpha value is -2.92. The second-order valence-corrected chi connectivity index (χ2v) is 10.5. The second-order valence-electron chi connectivity index (χ2n) is 7.99. The molecule has 1 N–H and O–H groups in total. The number of benzene rings is 1. The van der Waals surface area contributed by atoms with E-state index in [1.165, 1.54) is 9.58 Å². The summed E-state index contributed by atoms with van der Waals surface area (Å²) in [6.07, 6.45) is 1.15. The van der Waals surface area contributed by atoms with Crippen molar-refractivity contribution in [1.29, 1.82) is 0 Å². The largest absolute Gasteiger partial charge is 0.466 e. The summed E-state index contributed by atoms with van der Waals surface area (Å²) in [5.74, 6) is -3.04. The van der Waals surface area contributed by atoms with Crippen LogP contribution in [-0.4, -0.2) is 60.6 Å². The molecule has 176 valence electrons. The van der Waals surface area contributed by atoms with Gasteiger partial charge in [0.1, 0.15) is 5.82 Å². The first-order valence-electron chi connectivity index (χ1n) is 10.5. The van der Waals surface area contributed by atoms with Crippen molar-refractivity contribution in [2.75, 3.05) is 25.0 Å². The maximum atomic E-state index is 12.9. The predicted octanol–water partition coefficient (Wildman–Crippen LogP) is 1.69. The molecule has 1 aromatic carbocycles. The van der Waals surface area contributed by atoms with Crippen molar-refractivity contribution < 1.29 is 27.5 Å². The number of piperidine rings is 1. The van der Waals surface area contributed by atoms with Crippen LogP contribution in [0.2, 0.25) is 5.02 Å². The highest BCUT2D eigenvalue weighted by Crippen LogP contribution is 2.33. The Bertz CT molecular complexity index is 1230. The maximum absolute atomic E-state index is 12.9. The lowest BCUT2D eigenvalue weighted by atomic mass is 9.98. The minimum absolute atomic E-state index is 0.0884. The minimum atomic E-state index is -3.39. The van der Waals surface area contributed by atoms with Crippen LogP contribution in [0.1, 0.15) is 31.0 Å². The number of carbonyl (C=O) groups is 3. The average molecular weight is 495 g/mol. The van der Waals surface area contributed by atoms with Crippen molar-refractivity contribution in [2.24, 2.45) is 5.92 Å². The molecule has 1 unspecified atom stereocenters. The first-order chi connectivity index (χ1) is 15.7. The van der Waals surface area contributed by atoms with Crippen molar-refractivity contribution in [1.82, 2.24) is 14.7 Å². The van der Waals surface area contributed by atoms with Gasteiger partial charge < -0.3 is 15.0 Å². The Morgan fingerprint density at radius 1 is 1.27 bits per heavy atom. The van der Waals surface area contributed by atoms with Crippen molar-refractivity contribution in [3.8, 4) is 5.69 Å². The molecule has 0 saturated carbocycles. The van der Waals surface area contributed by atoms with Gasteiger partial charge >= 0.3 is 17.8 Å². The molecular weight excluding hydrogens is 472 g/mol. The zero-order valence-corrected chi connectivity index (χ0v) is 19.5. The van der Waals surface area contributed by atoms with Gasteiger partial charge in [-0.15, -0.1) is 0 Å². The number of aromatic nitrogens is 2. The summed E-state index contributed by atoms with van der Waals surface area (Å²) >= 11 is 6.08. The van der Waals surface area contributed by atoms with E-state index in [0.29, 0.717) is 41.4 Å². The number of anilines is 1. The van der Waals surface area contributed by atoms with Gasteiger partial charge in [0.15, 0.2) is 9.84 Å². The van der Waals surface area contributed by atoms with Gasteiger partial charge in [0.25, 0.3) is 0 Å². The number of rotatable bonds is 4. The third-order valence-electron chi connectivity index (χ3n) is 5.60. The number of esters is 1. The van der Waals surface area contributed by atoms with Gasteiger partial charge in [-0.3, -0.25) is 14.4 Å². The molecule has 4 rings (SSSR count). The van der Waals surface area contributed by atoms with Gasteiger partial charge in [-0.2, -0.15) is 5.10 Å². The van der Waals surface area contributed by atoms with E-state index in [9.17, 15) is 22.8 Å². The zero-order valence-electron chi connectivity index (χ0n) is 17.9. The highest BCUT2D eigenvalue weighted by molar-refractivity contribution is 7.90. The maximum Gasteiger partial charge on any atom is 0.315 e. The van der Waals surface area contributed by atoms with Crippen LogP contribution in [0.3, 0.4) is 0 Å². The van der Waals surface area contributed by atoms with Gasteiger partial charge in [0.05, 0.1) is 35.4 Å². The number of ether oxygens (including phenoxy) is 1. The van der Waals surface area contributed by atoms with Crippen LogP contribution in [0.5, 0.6) is 0 Å². The molecule has 1 aromatic heterocycles. The molecule has 1 atom stereocenters. The van der Waals surface area contributed by atoms with Crippen LogP contribution in [0, 0.1) is 5.92 Å². The number of fused-ring (bicyclic) bond motifs is 1. The van der Waals surface area contributed by atoms with Crippen LogP contribution in [0.15, 0.2) is 24.3 Å². The summed E-state index contributed by atoms with van der Waals surface area (Å²) in [4.78, 5) is 39.1. The summed E-state index contributed by atoms with van der Waals surface area (Å²) in [6.45, 7) is 2.37. The van der Waals surface area contributed by atoms with Gasteiger partial charge in [0, 0.05) is 23.7 Å². The van der Waals surface area contributed by atoms with E-state index >= 15 is 0 Å². The number of carbonyl (C=O) groups excluding carboxylic acids is 3. The monoisotopic (exact) mass is 494 g/mol. The molecule has 2 aliphatic rings. The Morgan fingerprint density at radius 3 is 2.79 bits per heavy atom. The molecule has 1 saturated heterocycles. The highest BCUT2D eigenvalue weighted by atomic mass is 35.5. The average Bonchev–Trinajstić information content (AvgIpc) is 3.25. The van der Waals surface area contributed by atoms with E-state index < -0.39 is 33.5 Å². The smallest absolute Gasteiger partial charge is 0.315 e. The molecule has 2 amide bonds. The molecule has 12 heteroatoms. The molecule has 1 fully saturated rings. The molecule has 0 radical (unpaired) electrons. The SMILES string of the molecule is CCOC(=O)C1CCCN(C(=O)C(=O)Nc2c3c(nn2-c2cccc(Cl)c2)CS(=O)(=O)C3)C1. The molecule has 0 spiro atoms. The first kappa shape index (κ1) is 23.2. The number of amides is 2. The third kappa shape index (κ3) is 4.88. The number of sulfone groups is 1. The van der Waals surface area contributed by atoms with Crippen molar-refractivity contribution in [3.05, 3.63) is 40.5 Å². The van der Waals surface area contributed by atoms with E-state index in [-0.39, 0.29) is 30.5 Å². The summed E-state index contributed by atoms with van der Waals surface area (Å²) in [7, 11) is -3.39. The lowest BCUT2D eigenvalue weighted by Crippen LogP contribution is -2.47. The topological polar surface area (TPSA) is 128 Å². The number of hydrogen-bond acceptors (Lipinski definition) is 7. The molecule has 0 aliphatic carbocycles. The quantitative estimate of drug-likeness (QED) is 0.506. The van der Waals surface area contributed by atoms with E-state index in [4.69, 9.17) is 16.3 Å². The molecule has 0 bridgehead atoms. The highest BCUT2D eigenvalue weighted by Gasteiger charge is 2.36. The molecule has 10 nitrogen and oxygen atoms in total. The Morgan fingerprint density at radius 2 is 2.06 bits per heavy atom. The summed E-state index contributed by atoms with van der Waals surface area (Å²) in [5, 5.41) is 7.35. The fraction of sp³-hybridized carbons (Fsp3) is 0.429. The van der Waals surface area contributed by atoms with Crippen molar-refractivity contribution in [2.45, 2.75) is 31.3 Å². The van der Waals surface area contributed by atoms with Crippen LogP contribution >= 0.6 is 11.6 Å². The lowest BCUT2D eigenvalue weighted by Gasteiger charge is -2.31. The van der Waals surface area contributed by atoms with Crippen LogP contribution in [-0.2, 0) is 40.5 Å². The number of nitrogens with zero attached hydrogens (tertiary/aromatic N) is 3. The second kappa shape index (κ2) is 9.14. The van der Waals surface area contributed by atoms with Crippen LogP contribution in [0.25, 0.3) is 5.69 Å². The first-order valence-corrected chi connectivity index (χ1v) is 12.7. The lowest BCUT2D eigenvalue weighted by molar-refractivity contribution is -0.153. The summed E-state index contributed by atoms with van der Waals surface area (Å²) in [5.41, 5.74) is 1.18. The van der Waals surface area contributed by atoms with Gasteiger partial charge in [-0.05, 0) is 38.0 Å². The minimum Gasteiger partial charge on any atom is -0.466 e. The zero-order chi connectivity index (χ0) is 23.8. The molecular formula is C21H23ClN4O6S. The molecule has 33 heavy (non-hydrogen) atoms. The molecule has 2 aromatic rings. The molecule has 2 aliphatic heterocycles. The predicted molar refractivity (Wildman–Crippen MR) is 119 cm³/mol.